The standard InChI is InChI=1S/C12H9ClN2O3S/c13-11-9(15(17)18)6-10(19-11)12(16)14-7-8-4-2-1-3-5-8/h1-6H,7H2,(H,14,16). The number of thiophene rings is 1. The van der Waals surface area contributed by atoms with Crippen molar-refractivity contribution in [1.82, 2.24) is 5.32 Å². The molecule has 1 heterocycles. The Hall–Kier alpha value is -1.92. The van der Waals surface area contributed by atoms with Crippen molar-refractivity contribution in [2.45, 2.75) is 6.54 Å². The Balaban J connectivity index is 2.04. The molecule has 1 aromatic heterocycles. The second kappa shape index (κ2) is 5.81. The fourth-order valence-corrected chi connectivity index (χ4v) is 2.60. The molecule has 0 saturated carbocycles. The van der Waals surface area contributed by atoms with Crippen LogP contribution in [0.5, 0.6) is 0 Å². The Bertz CT molecular complexity index is 613. The van der Waals surface area contributed by atoms with E-state index in [0.717, 1.165) is 16.9 Å². The summed E-state index contributed by atoms with van der Waals surface area (Å²) in [6.45, 7) is 0.364. The van der Waals surface area contributed by atoms with Crippen LogP contribution in [0.2, 0.25) is 4.34 Å². The molecular weight excluding hydrogens is 288 g/mol. The van der Waals surface area contributed by atoms with Crippen LogP contribution in [-0.4, -0.2) is 10.8 Å². The molecule has 0 aliphatic carbocycles. The highest BCUT2D eigenvalue weighted by molar-refractivity contribution is 7.18. The van der Waals surface area contributed by atoms with E-state index in [4.69, 9.17) is 11.6 Å². The first kappa shape index (κ1) is 13.5. The third kappa shape index (κ3) is 3.30. The van der Waals surface area contributed by atoms with Crippen molar-refractivity contribution < 1.29 is 9.72 Å². The average molecular weight is 297 g/mol. The Kier molecular flexibility index (Phi) is 4.13. The van der Waals surface area contributed by atoms with E-state index < -0.39 is 4.92 Å². The van der Waals surface area contributed by atoms with Gasteiger partial charge in [0.25, 0.3) is 11.6 Å². The van der Waals surface area contributed by atoms with Crippen LogP contribution in [-0.2, 0) is 6.54 Å². The molecule has 0 fully saturated rings. The molecule has 5 nitrogen and oxygen atoms in total. The quantitative estimate of drug-likeness (QED) is 0.695. The number of carbonyl (C=O) groups is 1. The number of amides is 1. The lowest BCUT2D eigenvalue weighted by Gasteiger charge is -2.02. The van der Waals surface area contributed by atoms with Gasteiger partial charge in [-0.05, 0) is 5.56 Å². The molecule has 0 atom stereocenters. The van der Waals surface area contributed by atoms with E-state index in [1.165, 1.54) is 6.07 Å². The maximum atomic E-state index is 11.8. The first-order valence-corrected chi connectivity index (χ1v) is 6.53. The van der Waals surface area contributed by atoms with Gasteiger partial charge in [-0.3, -0.25) is 14.9 Å². The number of benzene rings is 1. The van der Waals surface area contributed by atoms with Gasteiger partial charge in [-0.1, -0.05) is 41.9 Å². The highest BCUT2D eigenvalue weighted by Crippen LogP contribution is 2.33. The lowest BCUT2D eigenvalue weighted by Crippen LogP contribution is -2.21. The topological polar surface area (TPSA) is 72.2 Å². The molecule has 1 aromatic carbocycles. The van der Waals surface area contributed by atoms with E-state index in [-0.39, 0.29) is 20.8 Å². The predicted octanol–water partition coefficient (Wildman–Crippen LogP) is 3.24. The van der Waals surface area contributed by atoms with Crippen molar-refractivity contribution in [3.05, 3.63) is 61.3 Å². The summed E-state index contributed by atoms with van der Waals surface area (Å²) in [6, 6.07) is 10.6. The van der Waals surface area contributed by atoms with Crippen molar-refractivity contribution >= 4 is 34.5 Å². The summed E-state index contributed by atoms with van der Waals surface area (Å²) in [4.78, 5) is 22.1. The molecule has 7 heteroatoms. The summed E-state index contributed by atoms with van der Waals surface area (Å²) in [5.41, 5.74) is 0.713. The van der Waals surface area contributed by atoms with E-state index in [2.05, 4.69) is 5.32 Å². The number of halogens is 1. The van der Waals surface area contributed by atoms with Crippen LogP contribution in [0.4, 0.5) is 5.69 Å². The Morgan fingerprint density at radius 1 is 1.37 bits per heavy atom. The van der Waals surface area contributed by atoms with Crippen LogP contribution < -0.4 is 5.32 Å². The molecule has 0 saturated heterocycles. The minimum Gasteiger partial charge on any atom is -0.347 e. The first-order chi connectivity index (χ1) is 9.08. The summed E-state index contributed by atoms with van der Waals surface area (Å²) in [5, 5.41) is 13.3. The molecule has 0 unspecified atom stereocenters. The number of nitrogens with zero attached hydrogens (tertiary/aromatic N) is 1. The molecule has 2 aromatic rings. The van der Waals surface area contributed by atoms with E-state index in [0.29, 0.717) is 6.54 Å². The molecular formula is C12H9ClN2O3S. The maximum Gasteiger partial charge on any atom is 0.299 e. The zero-order chi connectivity index (χ0) is 13.8. The largest absolute Gasteiger partial charge is 0.347 e. The lowest BCUT2D eigenvalue weighted by atomic mass is 10.2. The lowest BCUT2D eigenvalue weighted by molar-refractivity contribution is -0.384. The minimum atomic E-state index is -0.604. The summed E-state index contributed by atoms with van der Waals surface area (Å²) in [5.74, 6) is -0.371. The first-order valence-electron chi connectivity index (χ1n) is 5.34. The summed E-state index contributed by atoms with van der Waals surface area (Å²) < 4.78 is 0.00913. The number of rotatable bonds is 4. The molecule has 1 amide bonds. The van der Waals surface area contributed by atoms with Crippen LogP contribution in [0, 0.1) is 10.1 Å². The van der Waals surface area contributed by atoms with E-state index in [1.807, 2.05) is 30.3 Å². The van der Waals surface area contributed by atoms with E-state index in [9.17, 15) is 14.9 Å². The van der Waals surface area contributed by atoms with Gasteiger partial charge in [0.15, 0.2) is 4.34 Å². The van der Waals surface area contributed by atoms with Gasteiger partial charge in [-0.25, -0.2) is 0 Å². The molecule has 98 valence electrons. The van der Waals surface area contributed by atoms with Gasteiger partial charge >= 0.3 is 0 Å². The monoisotopic (exact) mass is 296 g/mol. The van der Waals surface area contributed by atoms with Crippen molar-refractivity contribution in [2.75, 3.05) is 0 Å². The second-order valence-corrected chi connectivity index (χ2v) is 5.35. The molecule has 0 bridgehead atoms. The summed E-state index contributed by atoms with van der Waals surface area (Å²) >= 11 is 6.60. The van der Waals surface area contributed by atoms with Crippen LogP contribution in [0.15, 0.2) is 36.4 Å². The average Bonchev–Trinajstić information content (AvgIpc) is 2.79. The Labute approximate surface area is 118 Å². The van der Waals surface area contributed by atoms with Crippen molar-refractivity contribution in [3.8, 4) is 0 Å². The smallest absolute Gasteiger partial charge is 0.299 e. The van der Waals surface area contributed by atoms with Gasteiger partial charge < -0.3 is 5.32 Å². The molecule has 1 N–H and O–H groups in total. The zero-order valence-electron chi connectivity index (χ0n) is 9.63. The van der Waals surface area contributed by atoms with Gasteiger partial charge in [0, 0.05) is 12.6 Å². The van der Waals surface area contributed by atoms with Crippen LogP contribution in [0.25, 0.3) is 0 Å². The highest BCUT2D eigenvalue weighted by atomic mass is 35.5. The van der Waals surface area contributed by atoms with Gasteiger partial charge in [0.05, 0.1) is 4.92 Å². The maximum absolute atomic E-state index is 11.8. The Morgan fingerprint density at radius 3 is 2.63 bits per heavy atom. The normalized spacial score (nSPS) is 10.2. The van der Waals surface area contributed by atoms with Crippen LogP contribution in [0.1, 0.15) is 15.2 Å². The van der Waals surface area contributed by atoms with Gasteiger partial charge in [0.2, 0.25) is 0 Å². The molecule has 19 heavy (non-hydrogen) atoms. The third-order valence-corrected chi connectivity index (χ3v) is 3.72. The fraction of sp³-hybridized carbons (Fsp3) is 0.0833. The summed E-state index contributed by atoms with van der Waals surface area (Å²) in [7, 11) is 0. The van der Waals surface area contributed by atoms with Crippen LogP contribution >= 0.6 is 22.9 Å². The Morgan fingerprint density at radius 2 is 2.05 bits per heavy atom. The highest BCUT2D eigenvalue weighted by Gasteiger charge is 2.20. The number of carbonyl (C=O) groups excluding carboxylic acids is 1. The number of hydrogen-bond donors (Lipinski definition) is 1. The molecule has 0 aliphatic rings. The van der Waals surface area contributed by atoms with Gasteiger partial charge in [0.1, 0.15) is 4.88 Å². The fourth-order valence-electron chi connectivity index (χ4n) is 1.46. The predicted molar refractivity (Wildman–Crippen MR) is 73.6 cm³/mol. The minimum absolute atomic E-state index is 0.00913. The van der Waals surface area contributed by atoms with Crippen LogP contribution in [0.3, 0.4) is 0 Å². The molecule has 0 spiro atoms. The van der Waals surface area contributed by atoms with Gasteiger partial charge in [-0.2, -0.15) is 0 Å². The number of nitrogens with one attached hydrogen (secondary N) is 1. The van der Waals surface area contributed by atoms with Gasteiger partial charge in [-0.15, -0.1) is 11.3 Å². The van der Waals surface area contributed by atoms with Crippen molar-refractivity contribution in [3.63, 3.8) is 0 Å². The number of hydrogen-bond acceptors (Lipinski definition) is 4. The van der Waals surface area contributed by atoms with Crippen molar-refractivity contribution in [2.24, 2.45) is 0 Å². The molecule has 0 aliphatic heterocycles. The third-order valence-electron chi connectivity index (χ3n) is 2.39. The molecule has 2 rings (SSSR count). The van der Waals surface area contributed by atoms with Crippen molar-refractivity contribution in [1.29, 1.82) is 0 Å². The van der Waals surface area contributed by atoms with E-state index >= 15 is 0 Å². The zero-order valence-corrected chi connectivity index (χ0v) is 11.2. The van der Waals surface area contributed by atoms with E-state index in [1.54, 1.807) is 0 Å². The summed E-state index contributed by atoms with van der Waals surface area (Å²) in [6.07, 6.45) is 0. The second-order valence-electron chi connectivity index (χ2n) is 3.69. The molecule has 0 radical (unpaired) electrons. The SMILES string of the molecule is O=C(NCc1ccccc1)c1cc([N+](=O)[O-])c(Cl)s1. The number of nitro groups is 1.